The Balaban J connectivity index is 1.98. The van der Waals surface area contributed by atoms with Crippen LogP contribution >= 0.6 is 0 Å². The van der Waals surface area contributed by atoms with E-state index >= 15 is 0 Å². The standard InChI is InChI=1S/C11H15N5O3/c1-8-3-9(2)15(13-8)7-11(17)6-14-5-10(4-12-14)16(18)19/h3-5,11,17H,6-7H2,1-2H3/t11-/m0/s1. The number of aryl methyl sites for hydroxylation is 2. The minimum absolute atomic E-state index is 0.0849. The van der Waals surface area contributed by atoms with E-state index in [1.54, 1.807) is 4.68 Å². The molecule has 2 rings (SSSR count). The number of hydrogen-bond acceptors (Lipinski definition) is 5. The SMILES string of the molecule is Cc1cc(C)n(C[C@@H](O)Cn2cc([N+](=O)[O-])cn2)n1. The van der Waals surface area contributed by atoms with Crippen LogP contribution in [0.15, 0.2) is 18.5 Å². The van der Waals surface area contributed by atoms with Crippen molar-refractivity contribution in [2.75, 3.05) is 0 Å². The van der Waals surface area contributed by atoms with Crippen molar-refractivity contribution in [2.24, 2.45) is 0 Å². The fourth-order valence-corrected chi connectivity index (χ4v) is 1.88. The van der Waals surface area contributed by atoms with Crippen molar-refractivity contribution in [1.82, 2.24) is 19.6 Å². The van der Waals surface area contributed by atoms with Crippen molar-refractivity contribution < 1.29 is 10.0 Å². The van der Waals surface area contributed by atoms with Gasteiger partial charge in [-0.25, -0.2) is 0 Å². The maximum Gasteiger partial charge on any atom is 0.306 e. The lowest BCUT2D eigenvalue weighted by molar-refractivity contribution is -0.385. The summed E-state index contributed by atoms with van der Waals surface area (Å²) in [6, 6.07) is 1.92. The van der Waals surface area contributed by atoms with Gasteiger partial charge in [0.05, 0.1) is 29.8 Å². The van der Waals surface area contributed by atoms with E-state index in [0.717, 1.165) is 17.6 Å². The summed E-state index contributed by atoms with van der Waals surface area (Å²) in [6.45, 7) is 4.30. The van der Waals surface area contributed by atoms with E-state index < -0.39 is 11.0 Å². The molecule has 8 nitrogen and oxygen atoms in total. The average molecular weight is 265 g/mol. The summed E-state index contributed by atoms with van der Waals surface area (Å²) < 4.78 is 3.06. The van der Waals surface area contributed by atoms with Crippen molar-refractivity contribution in [1.29, 1.82) is 0 Å². The van der Waals surface area contributed by atoms with Gasteiger partial charge < -0.3 is 5.11 Å². The predicted octanol–water partition coefficient (Wildman–Crippen LogP) is 0.666. The molecule has 8 heteroatoms. The van der Waals surface area contributed by atoms with Gasteiger partial charge in [0.2, 0.25) is 0 Å². The number of nitrogens with zero attached hydrogens (tertiary/aromatic N) is 5. The van der Waals surface area contributed by atoms with Crippen molar-refractivity contribution in [3.8, 4) is 0 Å². The normalized spacial score (nSPS) is 12.6. The quantitative estimate of drug-likeness (QED) is 0.632. The molecule has 2 heterocycles. The summed E-state index contributed by atoms with van der Waals surface area (Å²) in [6.07, 6.45) is 1.75. The zero-order chi connectivity index (χ0) is 14.0. The number of nitro groups is 1. The third-order valence-electron chi connectivity index (χ3n) is 2.72. The highest BCUT2D eigenvalue weighted by Gasteiger charge is 2.13. The average Bonchev–Trinajstić information content (AvgIpc) is 2.87. The molecule has 0 saturated heterocycles. The largest absolute Gasteiger partial charge is 0.389 e. The molecule has 0 unspecified atom stereocenters. The Kier molecular flexibility index (Phi) is 3.61. The summed E-state index contributed by atoms with van der Waals surface area (Å²) in [5.74, 6) is 0. The Labute approximate surface area is 109 Å². The van der Waals surface area contributed by atoms with Gasteiger partial charge in [0.1, 0.15) is 12.4 Å². The van der Waals surface area contributed by atoms with E-state index in [4.69, 9.17) is 0 Å². The molecule has 0 saturated carbocycles. The van der Waals surface area contributed by atoms with E-state index in [0.29, 0.717) is 6.54 Å². The van der Waals surface area contributed by atoms with Gasteiger partial charge in [-0.2, -0.15) is 10.2 Å². The predicted molar refractivity (Wildman–Crippen MR) is 66.6 cm³/mol. The highest BCUT2D eigenvalue weighted by atomic mass is 16.6. The Bertz CT molecular complexity index is 589. The lowest BCUT2D eigenvalue weighted by atomic mass is 10.3. The maximum atomic E-state index is 10.5. The first-order valence-corrected chi connectivity index (χ1v) is 5.81. The number of hydrogen-bond donors (Lipinski definition) is 1. The lowest BCUT2D eigenvalue weighted by Gasteiger charge is -2.11. The maximum absolute atomic E-state index is 10.5. The molecule has 0 aliphatic carbocycles. The molecule has 2 aromatic heterocycles. The van der Waals surface area contributed by atoms with Gasteiger partial charge >= 0.3 is 5.69 Å². The molecule has 0 spiro atoms. The van der Waals surface area contributed by atoms with Gasteiger partial charge in [-0.1, -0.05) is 0 Å². The molecule has 2 aromatic rings. The molecule has 1 atom stereocenters. The van der Waals surface area contributed by atoms with Crippen LogP contribution in [0.5, 0.6) is 0 Å². The van der Waals surface area contributed by atoms with Gasteiger partial charge in [-0.05, 0) is 19.9 Å². The second-order valence-electron chi connectivity index (χ2n) is 4.44. The Hall–Kier alpha value is -2.22. The number of aromatic nitrogens is 4. The lowest BCUT2D eigenvalue weighted by Crippen LogP contribution is -2.23. The topological polar surface area (TPSA) is 99.0 Å². The highest BCUT2D eigenvalue weighted by molar-refractivity contribution is 5.20. The monoisotopic (exact) mass is 265 g/mol. The zero-order valence-corrected chi connectivity index (χ0v) is 10.7. The van der Waals surface area contributed by atoms with Gasteiger partial charge in [0, 0.05) is 5.69 Å². The molecule has 0 aromatic carbocycles. The summed E-state index contributed by atoms with van der Waals surface area (Å²) >= 11 is 0. The minimum Gasteiger partial charge on any atom is -0.389 e. The number of aliphatic hydroxyl groups excluding tert-OH is 1. The van der Waals surface area contributed by atoms with Gasteiger partial charge in [0.15, 0.2) is 0 Å². The fourth-order valence-electron chi connectivity index (χ4n) is 1.88. The van der Waals surface area contributed by atoms with Crippen LogP contribution in [-0.2, 0) is 13.1 Å². The van der Waals surface area contributed by atoms with Crippen LogP contribution in [-0.4, -0.2) is 35.7 Å². The van der Waals surface area contributed by atoms with Crippen LogP contribution in [0.3, 0.4) is 0 Å². The molecule has 0 aliphatic rings. The van der Waals surface area contributed by atoms with Crippen molar-refractivity contribution >= 4 is 5.69 Å². The highest BCUT2D eigenvalue weighted by Crippen LogP contribution is 2.09. The first kappa shape index (κ1) is 13.2. The molecule has 0 bridgehead atoms. The molecular formula is C11H15N5O3. The first-order valence-electron chi connectivity index (χ1n) is 5.81. The van der Waals surface area contributed by atoms with Crippen LogP contribution in [0.25, 0.3) is 0 Å². The summed E-state index contributed by atoms with van der Waals surface area (Å²) in [5.41, 5.74) is 1.76. The van der Waals surface area contributed by atoms with Crippen molar-refractivity contribution in [3.63, 3.8) is 0 Å². The Morgan fingerprint density at radius 2 is 2.21 bits per heavy atom. The molecule has 1 N–H and O–H groups in total. The molecular weight excluding hydrogens is 250 g/mol. The number of rotatable bonds is 5. The third-order valence-corrected chi connectivity index (χ3v) is 2.72. The fraction of sp³-hybridized carbons (Fsp3) is 0.455. The van der Waals surface area contributed by atoms with Gasteiger partial charge in [-0.3, -0.25) is 19.5 Å². The van der Waals surface area contributed by atoms with E-state index in [1.165, 1.54) is 10.9 Å². The Morgan fingerprint density at radius 1 is 1.47 bits per heavy atom. The van der Waals surface area contributed by atoms with Crippen LogP contribution < -0.4 is 0 Å². The van der Waals surface area contributed by atoms with Crippen LogP contribution in [0.1, 0.15) is 11.4 Å². The minimum atomic E-state index is -0.711. The van der Waals surface area contributed by atoms with Gasteiger partial charge in [-0.15, -0.1) is 0 Å². The third kappa shape index (κ3) is 3.16. The Morgan fingerprint density at radius 3 is 2.74 bits per heavy atom. The molecule has 19 heavy (non-hydrogen) atoms. The molecule has 0 radical (unpaired) electrons. The van der Waals surface area contributed by atoms with Crippen molar-refractivity contribution in [3.05, 3.63) is 40.0 Å². The second-order valence-corrected chi connectivity index (χ2v) is 4.44. The zero-order valence-electron chi connectivity index (χ0n) is 10.7. The van der Waals surface area contributed by atoms with Crippen LogP contribution in [0, 0.1) is 24.0 Å². The molecule has 0 aliphatic heterocycles. The molecule has 0 fully saturated rings. The number of aliphatic hydroxyl groups is 1. The van der Waals surface area contributed by atoms with Crippen LogP contribution in [0.2, 0.25) is 0 Å². The van der Waals surface area contributed by atoms with E-state index in [2.05, 4.69) is 10.2 Å². The van der Waals surface area contributed by atoms with Crippen LogP contribution in [0.4, 0.5) is 5.69 Å². The summed E-state index contributed by atoms with van der Waals surface area (Å²) in [5, 5.41) is 28.5. The van der Waals surface area contributed by atoms with E-state index in [1.807, 2.05) is 19.9 Å². The van der Waals surface area contributed by atoms with Crippen molar-refractivity contribution in [2.45, 2.75) is 33.0 Å². The second kappa shape index (κ2) is 5.19. The summed E-state index contributed by atoms with van der Waals surface area (Å²) in [4.78, 5) is 10.00. The summed E-state index contributed by atoms with van der Waals surface area (Å²) in [7, 11) is 0. The molecule has 0 amide bonds. The smallest absolute Gasteiger partial charge is 0.306 e. The van der Waals surface area contributed by atoms with E-state index in [-0.39, 0.29) is 12.2 Å². The van der Waals surface area contributed by atoms with E-state index in [9.17, 15) is 15.2 Å². The molecule has 102 valence electrons. The first-order chi connectivity index (χ1) is 8.95. The van der Waals surface area contributed by atoms with Gasteiger partial charge in [0.25, 0.3) is 0 Å².